The largest absolute Gasteiger partial charge is 0.497 e. The van der Waals surface area contributed by atoms with Crippen molar-refractivity contribution < 1.29 is 28.9 Å². The Morgan fingerprint density at radius 2 is 1.93 bits per heavy atom. The van der Waals surface area contributed by atoms with E-state index in [1.165, 1.54) is 14.2 Å². The third-order valence-electron chi connectivity index (χ3n) is 4.57. The summed E-state index contributed by atoms with van der Waals surface area (Å²) in [6.45, 7) is 0.206. The molecule has 2 aromatic carbocycles. The van der Waals surface area contributed by atoms with E-state index in [9.17, 15) is 14.7 Å². The maximum absolute atomic E-state index is 12.2. The summed E-state index contributed by atoms with van der Waals surface area (Å²) in [6.07, 6.45) is 0.304. The number of methoxy groups -OCH3 is 2. The second kappa shape index (κ2) is 8.18. The van der Waals surface area contributed by atoms with E-state index >= 15 is 0 Å². The van der Waals surface area contributed by atoms with Gasteiger partial charge in [-0.2, -0.15) is 0 Å². The summed E-state index contributed by atoms with van der Waals surface area (Å²) >= 11 is 0. The molecule has 0 saturated heterocycles. The Labute approximate surface area is 162 Å². The van der Waals surface area contributed by atoms with Gasteiger partial charge in [0, 0.05) is 18.1 Å². The quantitative estimate of drug-likeness (QED) is 0.672. The first-order valence-electron chi connectivity index (χ1n) is 8.73. The van der Waals surface area contributed by atoms with Gasteiger partial charge in [-0.3, -0.25) is 9.59 Å². The summed E-state index contributed by atoms with van der Waals surface area (Å²) in [7, 11) is 2.96. The Morgan fingerprint density at radius 1 is 1.14 bits per heavy atom. The number of amides is 2. The summed E-state index contributed by atoms with van der Waals surface area (Å²) in [4.78, 5) is 24.5. The van der Waals surface area contributed by atoms with Crippen LogP contribution in [-0.2, 0) is 15.2 Å². The number of nitrogens with one attached hydrogen (secondary N) is 2. The van der Waals surface area contributed by atoms with Gasteiger partial charge in [0.25, 0.3) is 0 Å². The lowest BCUT2D eigenvalue weighted by Crippen LogP contribution is -2.46. The average molecular weight is 386 g/mol. The molecule has 0 spiro atoms. The highest BCUT2D eigenvalue weighted by molar-refractivity contribution is 6.39. The van der Waals surface area contributed by atoms with Crippen LogP contribution in [-0.4, -0.2) is 44.3 Å². The van der Waals surface area contributed by atoms with Gasteiger partial charge >= 0.3 is 11.8 Å². The molecule has 2 amide bonds. The monoisotopic (exact) mass is 386 g/mol. The van der Waals surface area contributed by atoms with Crippen molar-refractivity contribution >= 4 is 17.5 Å². The van der Waals surface area contributed by atoms with E-state index in [1.54, 1.807) is 42.5 Å². The van der Waals surface area contributed by atoms with Crippen LogP contribution >= 0.6 is 0 Å². The molecule has 2 aromatic rings. The van der Waals surface area contributed by atoms with E-state index in [4.69, 9.17) is 14.2 Å². The van der Waals surface area contributed by atoms with E-state index in [1.807, 2.05) is 0 Å². The molecule has 1 aliphatic heterocycles. The molecular formula is C20H22N2O6. The third-order valence-corrected chi connectivity index (χ3v) is 4.57. The van der Waals surface area contributed by atoms with E-state index < -0.39 is 17.4 Å². The minimum absolute atomic E-state index is 0.112. The standard InChI is InChI=1S/C20H22N2O6/c1-26-13-7-8-15(17(11-13)27-2)22-19(24)18(23)21-12-20(25)9-10-28-16-6-4-3-5-14(16)20/h3-8,11,25H,9-10,12H2,1-2H3,(H,21,23)(H,22,24). The van der Waals surface area contributed by atoms with Crippen LogP contribution in [0.4, 0.5) is 5.69 Å². The molecule has 148 valence electrons. The molecule has 1 atom stereocenters. The molecule has 1 aliphatic rings. The highest BCUT2D eigenvalue weighted by Gasteiger charge is 2.36. The van der Waals surface area contributed by atoms with Gasteiger partial charge in [0.05, 0.1) is 33.1 Å². The van der Waals surface area contributed by atoms with Crippen LogP contribution in [0.2, 0.25) is 0 Å². The predicted molar refractivity (Wildman–Crippen MR) is 102 cm³/mol. The number of rotatable bonds is 5. The van der Waals surface area contributed by atoms with Gasteiger partial charge in [0.1, 0.15) is 22.8 Å². The second-order valence-electron chi connectivity index (χ2n) is 6.33. The topological polar surface area (TPSA) is 106 Å². The van der Waals surface area contributed by atoms with Gasteiger partial charge in [-0.15, -0.1) is 0 Å². The molecule has 28 heavy (non-hydrogen) atoms. The molecule has 8 nitrogen and oxygen atoms in total. The smallest absolute Gasteiger partial charge is 0.313 e. The Hall–Kier alpha value is -3.26. The van der Waals surface area contributed by atoms with E-state index in [0.29, 0.717) is 41.5 Å². The number of ether oxygens (including phenoxy) is 3. The SMILES string of the molecule is COc1ccc(NC(=O)C(=O)NCC2(O)CCOc3ccccc32)c(OC)c1. The van der Waals surface area contributed by atoms with Crippen LogP contribution in [0.15, 0.2) is 42.5 Å². The van der Waals surface area contributed by atoms with Crippen molar-refractivity contribution in [2.75, 3.05) is 32.7 Å². The zero-order chi connectivity index (χ0) is 20.1. The van der Waals surface area contributed by atoms with Crippen molar-refractivity contribution in [1.29, 1.82) is 0 Å². The Morgan fingerprint density at radius 3 is 2.68 bits per heavy atom. The summed E-state index contributed by atoms with van der Waals surface area (Å²) in [6, 6.07) is 11.9. The lowest BCUT2D eigenvalue weighted by Gasteiger charge is -2.34. The van der Waals surface area contributed by atoms with Crippen molar-refractivity contribution in [2.45, 2.75) is 12.0 Å². The number of fused-ring (bicyclic) bond motifs is 1. The van der Waals surface area contributed by atoms with Crippen molar-refractivity contribution in [3.8, 4) is 17.2 Å². The van der Waals surface area contributed by atoms with Crippen LogP contribution in [0.5, 0.6) is 17.2 Å². The second-order valence-corrected chi connectivity index (χ2v) is 6.33. The van der Waals surface area contributed by atoms with Crippen LogP contribution in [0.3, 0.4) is 0 Å². The van der Waals surface area contributed by atoms with Crippen molar-refractivity contribution in [1.82, 2.24) is 5.32 Å². The average Bonchev–Trinajstić information content (AvgIpc) is 2.72. The fourth-order valence-corrected chi connectivity index (χ4v) is 3.01. The molecule has 3 N–H and O–H groups in total. The molecule has 8 heteroatoms. The summed E-state index contributed by atoms with van der Waals surface area (Å²) in [5.74, 6) is -0.252. The number of hydrogen-bond donors (Lipinski definition) is 3. The van der Waals surface area contributed by atoms with Gasteiger partial charge < -0.3 is 30.0 Å². The van der Waals surface area contributed by atoms with Crippen LogP contribution in [0.1, 0.15) is 12.0 Å². The molecule has 3 rings (SSSR count). The van der Waals surface area contributed by atoms with Gasteiger partial charge in [-0.25, -0.2) is 0 Å². The molecule has 0 aliphatic carbocycles. The number of aliphatic hydroxyl groups is 1. The maximum atomic E-state index is 12.2. The van der Waals surface area contributed by atoms with Crippen LogP contribution < -0.4 is 24.8 Å². The van der Waals surface area contributed by atoms with Crippen LogP contribution in [0, 0.1) is 0 Å². The number of anilines is 1. The predicted octanol–water partition coefficient (Wildman–Crippen LogP) is 1.43. The molecular weight excluding hydrogens is 364 g/mol. The molecule has 1 unspecified atom stereocenters. The fraction of sp³-hybridized carbons (Fsp3) is 0.300. The van der Waals surface area contributed by atoms with E-state index in [0.717, 1.165) is 0 Å². The first kappa shape index (κ1) is 19.5. The molecule has 0 radical (unpaired) electrons. The summed E-state index contributed by atoms with van der Waals surface area (Å²) in [5.41, 5.74) is -0.389. The third kappa shape index (κ3) is 4.01. The number of para-hydroxylation sites is 1. The molecule has 0 bridgehead atoms. The Bertz CT molecular complexity index is 885. The van der Waals surface area contributed by atoms with Gasteiger partial charge in [0.2, 0.25) is 0 Å². The van der Waals surface area contributed by atoms with Crippen LogP contribution in [0.25, 0.3) is 0 Å². The van der Waals surface area contributed by atoms with Gasteiger partial charge in [-0.1, -0.05) is 18.2 Å². The zero-order valence-electron chi connectivity index (χ0n) is 15.7. The highest BCUT2D eigenvalue weighted by Crippen LogP contribution is 2.36. The van der Waals surface area contributed by atoms with Crippen molar-refractivity contribution in [3.05, 3.63) is 48.0 Å². The molecule has 0 aromatic heterocycles. The lowest BCUT2D eigenvalue weighted by atomic mass is 9.88. The normalized spacial score (nSPS) is 17.7. The van der Waals surface area contributed by atoms with E-state index in [2.05, 4.69) is 10.6 Å². The number of hydrogen-bond acceptors (Lipinski definition) is 6. The molecule has 1 heterocycles. The summed E-state index contributed by atoms with van der Waals surface area (Å²) < 4.78 is 15.8. The summed E-state index contributed by atoms with van der Waals surface area (Å²) in [5, 5.41) is 15.9. The number of benzene rings is 2. The molecule has 0 fully saturated rings. The number of carbonyl (C=O) groups excluding carboxylic acids is 2. The fourth-order valence-electron chi connectivity index (χ4n) is 3.01. The highest BCUT2D eigenvalue weighted by atomic mass is 16.5. The van der Waals surface area contributed by atoms with Crippen molar-refractivity contribution in [2.24, 2.45) is 0 Å². The number of carbonyl (C=O) groups is 2. The maximum Gasteiger partial charge on any atom is 0.313 e. The Kier molecular flexibility index (Phi) is 5.70. The van der Waals surface area contributed by atoms with Gasteiger partial charge in [-0.05, 0) is 18.2 Å². The first-order chi connectivity index (χ1) is 13.5. The Balaban J connectivity index is 1.65. The lowest BCUT2D eigenvalue weighted by molar-refractivity contribution is -0.137. The zero-order valence-corrected chi connectivity index (χ0v) is 15.7. The minimum Gasteiger partial charge on any atom is -0.497 e. The molecule has 0 saturated carbocycles. The van der Waals surface area contributed by atoms with Crippen molar-refractivity contribution in [3.63, 3.8) is 0 Å². The van der Waals surface area contributed by atoms with Gasteiger partial charge in [0.15, 0.2) is 0 Å². The minimum atomic E-state index is -1.30. The first-order valence-corrected chi connectivity index (χ1v) is 8.73. The van der Waals surface area contributed by atoms with E-state index in [-0.39, 0.29) is 6.54 Å².